The summed E-state index contributed by atoms with van der Waals surface area (Å²) in [7, 11) is 1.25. The number of nitrogen functional groups attached to an aromatic ring is 1. The van der Waals surface area contributed by atoms with Gasteiger partial charge in [-0.3, -0.25) is 0 Å². The van der Waals surface area contributed by atoms with Crippen LogP contribution in [0, 0.1) is 18.3 Å². The van der Waals surface area contributed by atoms with Crippen molar-refractivity contribution in [2.24, 2.45) is 0 Å². The fourth-order valence-corrected chi connectivity index (χ4v) is 3.03. The van der Waals surface area contributed by atoms with Gasteiger partial charge in [0, 0.05) is 11.8 Å². The molecule has 27 heavy (non-hydrogen) atoms. The minimum absolute atomic E-state index is 0.0464. The molecule has 1 unspecified atom stereocenters. The first-order valence-corrected chi connectivity index (χ1v) is 8.31. The number of hydrogen-bond donors (Lipinski definition) is 2. The van der Waals surface area contributed by atoms with Crippen LogP contribution in [-0.4, -0.2) is 22.8 Å². The van der Waals surface area contributed by atoms with Crippen LogP contribution in [0.2, 0.25) is 0 Å². The average molecular weight is 361 g/mol. The fraction of sp³-hybridized carbons (Fsp3) is 0.143. The first-order chi connectivity index (χ1) is 13.0. The van der Waals surface area contributed by atoms with Crippen LogP contribution in [0.25, 0.3) is 5.69 Å². The van der Waals surface area contributed by atoms with E-state index in [1.807, 2.05) is 55.5 Å². The van der Waals surface area contributed by atoms with E-state index in [0.717, 1.165) is 5.56 Å². The zero-order valence-corrected chi connectivity index (χ0v) is 15.0. The summed E-state index contributed by atoms with van der Waals surface area (Å²) in [5.41, 5.74) is 9.05. The maximum absolute atomic E-state index is 12.3. The van der Waals surface area contributed by atoms with Crippen molar-refractivity contribution in [1.29, 1.82) is 5.26 Å². The number of nitriles is 1. The highest BCUT2D eigenvalue weighted by Gasteiger charge is 2.24. The van der Waals surface area contributed by atoms with Crippen molar-refractivity contribution in [1.82, 2.24) is 4.57 Å². The summed E-state index contributed by atoms with van der Waals surface area (Å²) >= 11 is 0. The highest BCUT2D eigenvalue weighted by Crippen LogP contribution is 2.32. The fourth-order valence-electron chi connectivity index (χ4n) is 3.03. The van der Waals surface area contributed by atoms with E-state index in [1.54, 1.807) is 6.07 Å². The molecule has 0 bridgehead atoms. The van der Waals surface area contributed by atoms with E-state index in [0.29, 0.717) is 16.8 Å². The van der Waals surface area contributed by atoms with E-state index < -0.39 is 12.1 Å². The SMILES string of the molecule is COC(=O)c1c(N)c(C#N)cn1-c1ccc(C)cc1C(O)c1ccccc1. The van der Waals surface area contributed by atoms with Crippen LogP contribution in [-0.2, 0) is 4.74 Å². The van der Waals surface area contributed by atoms with E-state index in [2.05, 4.69) is 0 Å². The highest BCUT2D eigenvalue weighted by atomic mass is 16.5. The minimum Gasteiger partial charge on any atom is -0.464 e. The molecule has 2 aromatic carbocycles. The van der Waals surface area contributed by atoms with Gasteiger partial charge in [0.25, 0.3) is 0 Å². The van der Waals surface area contributed by atoms with Crippen LogP contribution in [0.1, 0.15) is 38.8 Å². The molecule has 1 aromatic heterocycles. The van der Waals surface area contributed by atoms with Gasteiger partial charge < -0.3 is 20.1 Å². The number of aliphatic hydroxyl groups is 1. The van der Waals surface area contributed by atoms with Gasteiger partial charge in [-0.2, -0.15) is 5.26 Å². The van der Waals surface area contributed by atoms with Gasteiger partial charge in [-0.25, -0.2) is 4.79 Å². The summed E-state index contributed by atoms with van der Waals surface area (Å²) in [5.74, 6) is -0.658. The van der Waals surface area contributed by atoms with Crippen molar-refractivity contribution < 1.29 is 14.6 Å². The molecule has 0 aliphatic heterocycles. The molecular weight excluding hydrogens is 342 g/mol. The Kier molecular flexibility index (Phi) is 4.97. The summed E-state index contributed by atoms with van der Waals surface area (Å²) in [4.78, 5) is 12.3. The average Bonchev–Trinajstić information content (AvgIpc) is 3.03. The number of aryl methyl sites for hydroxylation is 1. The number of carbonyl (C=O) groups is 1. The Labute approximate surface area is 157 Å². The lowest BCUT2D eigenvalue weighted by atomic mass is 9.98. The van der Waals surface area contributed by atoms with Crippen molar-refractivity contribution in [2.75, 3.05) is 12.8 Å². The first-order valence-electron chi connectivity index (χ1n) is 8.31. The Morgan fingerprint density at radius 3 is 2.59 bits per heavy atom. The normalized spacial score (nSPS) is 11.6. The second kappa shape index (κ2) is 7.36. The van der Waals surface area contributed by atoms with Crippen molar-refractivity contribution in [3.8, 4) is 11.8 Å². The molecule has 3 aromatic rings. The van der Waals surface area contributed by atoms with E-state index in [4.69, 9.17) is 10.5 Å². The summed E-state index contributed by atoms with van der Waals surface area (Å²) in [6.07, 6.45) is 0.564. The monoisotopic (exact) mass is 361 g/mol. The predicted molar refractivity (Wildman–Crippen MR) is 101 cm³/mol. The Balaban J connectivity index is 2.25. The lowest BCUT2D eigenvalue weighted by Gasteiger charge is -2.19. The number of nitrogens with zero attached hydrogens (tertiary/aromatic N) is 2. The number of methoxy groups -OCH3 is 1. The lowest BCUT2D eigenvalue weighted by molar-refractivity contribution is 0.0593. The molecule has 3 N–H and O–H groups in total. The number of aromatic nitrogens is 1. The summed E-state index contributed by atoms with van der Waals surface area (Å²) in [6.45, 7) is 1.91. The molecule has 0 radical (unpaired) electrons. The third-order valence-corrected chi connectivity index (χ3v) is 4.40. The van der Waals surface area contributed by atoms with Crippen LogP contribution < -0.4 is 5.73 Å². The molecule has 0 aliphatic carbocycles. The second-order valence-corrected chi connectivity index (χ2v) is 6.15. The van der Waals surface area contributed by atoms with E-state index in [-0.39, 0.29) is 16.9 Å². The number of benzene rings is 2. The molecule has 0 aliphatic rings. The maximum atomic E-state index is 12.3. The molecule has 136 valence electrons. The molecule has 6 heteroatoms. The van der Waals surface area contributed by atoms with Crippen molar-refractivity contribution in [3.63, 3.8) is 0 Å². The van der Waals surface area contributed by atoms with Gasteiger partial charge in [-0.1, -0.05) is 48.0 Å². The van der Waals surface area contributed by atoms with Gasteiger partial charge >= 0.3 is 5.97 Å². The zero-order valence-electron chi connectivity index (χ0n) is 15.0. The molecule has 1 heterocycles. The van der Waals surface area contributed by atoms with Crippen LogP contribution in [0.5, 0.6) is 0 Å². The van der Waals surface area contributed by atoms with Gasteiger partial charge in [0.05, 0.1) is 24.0 Å². The molecule has 1 atom stereocenters. The molecule has 6 nitrogen and oxygen atoms in total. The zero-order chi connectivity index (χ0) is 19.6. The van der Waals surface area contributed by atoms with Gasteiger partial charge in [-0.15, -0.1) is 0 Å². The summed E-state index contributed by atoms with van der Waals surface area (Å²) in [6, 6.07) is 16.7. The Morgan fingerprint density at radius 1 is 1.26 bits per heavy atom. The molecule has 3 rings (SSSR count). The van der Waals surface area contributed by atoms with E-state index >= 15 is 0 Å². The molecule has 0 fully saturated rings. The van der Waals surface area contributed by atoms with Crippen LogP contribution in [0.3, 0.4) is 0 Å². The van der Waals surface area contributed by atoms with Crippen molar-refractivity contribution >= 4 is 11.7 Å². The molecule has 0 saturated carbocycles. The van der Waals surface area contributed by atoms with E-state index in [9.17, 15) is 15.2 Å². The molecule has 0 saturated heterocycles. The standard InChI is InChI=1S/C21H19N3O3/c1-13-8-9-17(16(10-13)20(25)14-6-4-3-5-7-14)24-12-15(11-22)18(23)19(24)21(26)27-2/h3-10,12,20,25H,23H2,1-2H3. The van der Waals surface area contributed by atoms with Crippen LogP contribution >= 0.6 is 0 Å². The van der Waals surface area contributed by atoms with Crippen molar-refractivity contribution in [3.05, 3.63) is 82.7 Å². The number of hydrogen-bond acceptors (Lipinski definition) is 5. The number of rotatable bonds is 4. The molecule has 0 spiro atoms. The van der Waals surface area contributed by atoms with Gasteiger partial charge in [0.15, 0.2) is 5.69 Å². The number of nitrogens with two attached hydrogens (primary N) is 1. The number of anilines is 1. The minimum atomic E-state index is -0.916. The van der Waals surface area contributed by atoms with Gasteiger partial charge in [0.1, 0.15) is 12.2 Å². The van der Waals surface area contributed by atoms with Gasteiger partial charge in [-0.05, 0) is 18.6 Å². The van der Waals surface area contributed by atoms with Crippen LogP contribution in [0.4, 0.5) is 5.69 Å². The first kappa shape index (κ1) is 18.2. The molecular formula is C21H19N3O3. The number of esters is 1. The molecule has 0 amide bonds. The smallest absolute Gasteiger partial charge is 0.357 e. The Bertz CT molecular complexity index is 1030. The lowest BCUT2D eigenvalue weighted by Crippen LogP contribution is -2.13. The Hall–Kier alpha value is -3.56. The third-order valence-electron chi connectivity index (χ3n) is 4.40. The predicted octanol–water partition coefficient (Wildman–Crippen LogP) is 3.11. The second-order valence-electron chi connectivity index (χ2n) is 6.15. The quantitative estimate of drug-likeness (QED) is 0.695. The largest absolute Gasteiger partial charge is 0.464 e. The number of carbonyl (C=O) groups excluding carboxylic acids is 1. The third kappa shape index (κ3) is 3.28. The van der Waals surface area contributed by atoms with Crippen molar-refractivity contribution in [2.45, 2.75) is 13.0 Å². The highest BCUT2D eigenvalue weighted by molar-refractivity contribution is 5.96. The Morgan fingerprint density at radius 2 is 1.96 bits per heavy atom. The topological polar surface area (TPSA) is 101 Å². The summed E-state index contributed by atoms with van der Waals surface area (Å²) < 4.78 is 6.33. The number of ether oxygens (including phenoxy) is 1. The van der Waals surface area contributed by atoms with E-state index in [1.165, 1.54) is 17.9 Å². The summed E-state index contributed by atoms with van der Waals surface area (Å²) in [5, 5.41) is 20.3. The van der Waals surface area contributed by atoms with Gasteiger partial charge in [0.2, 0.25) is 0 Å². The number of aliphatic hydroxyl groups excluding tert-OH is 1. The van der Waals surface area contributed by atoms with Crippen LogP contribution in [0.15, 0.2) is 54.7 Å². The maximum Gasteiger partial charge on any atom is 0.357 e.